The van der Waals surface area contributed by atoms with Crippen LogP contribution in [0.2, 0.25) is 0 Å². The summed E-state index contributed by atoms with van der Waals surface area (Å²) < 4.78 is 0. The van der Waals surface area contributed by atoms with Gasteiger partial charge in [0.15, 0.2) is 0 Å². The summed E-state index contributed by atoms with van der Waals surface area (Å²) in [5.41, 5.74) is 0. The molecule has 116 valence electrons. The van der Waals surface area contributed by atoms with Gasteiger partial charge in [-0.25, -0.2) is 9.59 Å². The number of rotatable bonds is 1. The summed E-state index contributed by atoms with van der Waals surface area (Å²) in [7, 11) is 0. The lowest BCUT2D eigenvalue weighted by atomic mass is 10.1. The highest BCUT2D eigenvalue weighted by Crippen LogP contribution is 2.25. The van der Waals surface area contributed by atoms with E-state index in [0.29, 0.717) is 38.4 Å². The van der Waals surface area contributed by atoms with Crippen LogP contribution >= 0.6 is 11.8 Å². The van der Waals surface area contributed by atoms with Crippen LogP contribution in [0, 0.1) is 0 Å². The molecule has 0 aromatic rings. The molecule has 2 unspecified atom stereocenters. The quantitative estimate of drug-likeness (QED) is 0.732. The minimum Gasteiger partial charge on any atom is -0.480 e. The molecule has 7 nitrogen and oxygen atoms in total. The molecule has 0 aromatic heterocycles. The number of hydrogen-bond acceptors (Lipinski definition) is 4. The van der Waals surface area contributed by atoms with Gasteiger partial charge >= 0.3 is 12.0 Å². The zero-order chi connectivity index (χ0) is 15.0. The van der Waals surface area contributed by atoms with Gasteiger partial charge in [-0.05, 0) is 6.42 Å². The van der Waals surface area contributed by atoms with Gasteiger partial charge in [0, 0.05) is 50.1 Å². The van der Waals surface area contributed by atoms with Gasteiger partial charge in [-0.2, -0.15) is 11.8 Å². The predicted octanol–water partition coefficient (Wildman–Crippen LogP) is -0.0850. The second-order valence-electron chi connectivity index (χ2n) is 5.63. The second kappa shape index (κ2) is 5.75. The molecule has 3 heterocycles. The molecule has 0 bridgehead atoms. The fraction of sp³-hybridized carbons (Fsp3) is 0.769. The highest BCUT2D eigenvalue weighted by atomic mass is 32.2. The van der Waals surface area contributed by atoms with E-state index in [1.807, 2.05) is 4.90 Å². The number of piperazine rings is 1. The zero-order valence-corrected chi connectivity index (χ0v) is 12.5. The molecule has 3 rings (SSSR count). The van der Waals surface area contributed by atoms with Crippen LogP contribution in [0.5, 0.6) is 0 Å². The average Bonchev–Trinajstić information content (AvgIpc) is 2.87. The molecule has 3 saturated heterocycles. The Labute approximate surface area is 127 Å². The van der Waals surface area contributed by atoms with Gasteiger partial charge in [0.2, 0.25) is 5.91 Å². The summed E-state index contributed by atoms with van der Waals surface area (Å²) in [6.07, 6.45) is 1.35. The van der Waals surface area contributed by atoms with Crippen molar-refractivity contribution in [2.24, 2.45) is 0 Å². The second-order valence-corrected chi connectivity index (χ2v) is 6.78. The minimum absolute atomic E-state index is 0.109. The van der Waals surface area contributed by atoms with Gasteiger partial charge in [-0.1, -0.05) is 0 Å². The highest BCUT2D eigenvalue weighted by Gasteiger charge is 2.40. The molecule has 3 fully saturated rings. The Balaban J connectivity index is 1.67. The smallest absolute Gasteiger partial charge is 0.327 e. The van der Waals surface area contributed by atoms with Crippen LogP contribution < -0.4 is 0 Å². The van der Waals surface area contributed by atoms with E-state index in [2.05, 4.69) is 0 Å². The summed E-state index contributed by atoms with van der Waals surface area (Å²) in [4.78, 5) is 40.6. The molecule has 21 heavy (non-hydrogen) atoms. The average molecular weight is 313 g/mol. The van der Waals surface area contributed by atoms with E-state index >= 15 is 0 Å². The fourth-order valence-electron chi connectivity index (χ4n) is 3.26. The van der Waals surface area contributed by atoms with Gasteiger partial charge in [0.1, 0.15) is 6.04 Å². The molecule has 1 N–H and O–H groups in total. The van der Waals surface area contributed by atoms with Crippen LogP contribution in [-0.2, 0) is 9.59 Å². The number of urea groups is 1. The van der Waals surface area contributed by atoms with Crippen molar-refractivity contribution in [2.45, 2.75) is 24.9 Å². The normalized spacial score (nSPS) is 29.5. The van der Waals surface area contributed by atoms with Crippen molar-refractivity contribution >= 4 is 29.7 Å². The third-order valence-corrected chi connectivity index (χ3v) is 5.45. The Kier molecular flexibility index (Phi) is 3.97. The van der Waals surface area contributed by atoms with Gasteiger partial charge in [-0.15, -0.1) is 0 Å². The fourth-order valence-corrected chi connectivity index (χ4v) is 4.30. The van der Waals surface area contributed by atoms with Crippen LogP contribution in [0.25, 0.3) is 0 Å². The van der Waals surface area contributed by atoms with E-state index in [1.54, 1.807) is 16.7 Å². The molecule has 8 heteroatoms. The maximum atomic E-state index is 12.6. The number of carboxylic acid groups (broad SMARTS) is 1. The van der Waals surface area contributed by atoms with Gasteiger partial charge in [-0.3, -0.25) is 4.79 Å². The summed E-state index contributed by atoms with van der Waals surface area (Å²) >= 11 is 1.57. The lowest BCUT2D eigenvalue weighted by molar-refractivity contribution is -0.141. The molecule has 0 spiro atoms. The van der Waals surface area contributed by atoms with Crippen molar-refractivity contribution in [3.8, 4) is 0 Å². The number of fused-ring (bicyclic) bond motifs is 1. The number of amides is 3. The minimum atomic E-state index is -0.940. The lowest BCUT2D eigenvalue weighted by Crippen LogP contribution is -2.60. The molecular formula is C13H19N3O4S. The molecular weight excluding hydrogens is 294 g/mol. The molecule has 0 radical (unpaired) electrons. The zero-order valence-electron chi connectivity index (χ0n) is 11.7. The molecule has 3 amide bonds. The SMILES string of the molecule is O=C(O)C1CSCCN1C(=O)N1CCN2C(=O)CCC2C1. The monoisotopic (exact) mass is 313 g/mol. The summed E-state index contributed by atoms with van der Waals surface area (Å²) in [6, 6.07) is -0.821. The summed E-state index contributed by atoms with van der Waals surface area (Å²) in [5, 5.41) is 9.26. The standard InChI is InChI=1S/C13H19N3O4S/c17-11-2-1-9-7-14(3-4-15(9)11)13(20)16-5-6-21-8-10(16)12(18)19/h9-10H,1-8H2,(H,18,19). The van der Waals surface area contributed by atoms with Crippen molar-refractivity contribution < 1.29 is 19.5 Å². The van der Waals surface area contributed by atoms with E-state index in [9.17, 15) is 19.5 Å². The summed E-state index contributed by atoms with van der Waals surface area (Å²) in [5.74, 6) is 0.454. The number of aliphatic carboxylic acids is 1. The number of nitrogens with zero attached hydrogens (tertiary/aromatic N) is 3. The first-order valence-corrected chi connectivity index (χ1v) is 8.39. The van der Waals surface area contributed by atoms with Crippen molar-refractivity contribution in [3.05, 3.63) is 0 Å². The largest absolute Gasteiger partial charge is 0.480 e. The third kappa shape index (κ3) is 2.68. The number of hydrogen-bond donors (Lipinski definition) is 1. The molecule has 3 aliphatic rings. The van der Waals surface area contributed by atoms with Gasteiger partial charge in [0.25, 0.3) is 0 Å². The first kappa shape index (κ1) is 14.5. The Morgan fingerprint density at radius 2 is 2.05 bits per heavy atom. The maximum absolute atomic E-state index is 12.6. The van der Waals surface area contributed by atoms with Crippen LogP contribution in [0.3, 0.4) is 0 Å². The number of carbonyl (C=O) groups excluding carboxylic acids is 2. The van der Waals surface area contributed by atoms with Crippen molar-refractivity contribution in [2.75, 3.05) is 37.7 Å². The first-order valence-electron chi connectivity index (χ1n) is 7.23. The van der Waals surface area contributed by atoms with Crippen molar-refractivity contribution in [3.63, 3.8) is 0 Å². The molecule has 2 atom stereocenters. The molecule has 0 aliphatic carbocycles. The van der Waals surface area contributed by atoms with E-state index in [0.717, 1.165) is 12.2 Å². The Hall–Kier alpha value is -1.44. The van der Waals surface area contributed by atoms with Crippen LogP contribution in [-0.4, -0.2) is 87.5 Å². The number of carbonyl (C=O) groups is 3. The Morgan fingerprint density at radius 1 is 1.24 bits per heavy atom. The summed E-state index contributed by atoms with van der Waals surface area (Å²) in [6.45, 7) is 2.07. The first-order chi connectivity index (χ1) is 10.1. The van der Waals surface area contributed by atoms with E-state index in [4.69, 9.17) is 0 Å². The van der Waals surface area contributed by atoms with Crippen LogP contribution in [0.15, 0.2) is 0 Å². The Morgan fingerprint density at radius 3 is 2.81 bits per heavy atom. The third-order valence-electron chi connectivity index (χ3n) is 4.42. The predicted molar refractivity (Wildman–Crippen MR) is 77.2 cm³/mol. The Bertz CT molecular complexity index is 472. The molecule has 3 aliphatic heterocycles. The van der Waals surface area contributed by atoms with Gasteiger partial charge < -0.3 is 19.8 Å². The number of carboxylic acids is 1. The van der Waals surface area contributed by atoms with E-state index < -0.39 is 12.0 Å². The molecule has 0 aromatic carbocycles. The van der Waals surface area contributed by atoms with Crippen molar-refractivity contribution in [1.82, 2.24) is 14.7 Å². The molecule has 0 saturated carbocycles. The van der Waals surface area contributed by atoms with Crippen LogP contribution in [0.1, 0.15) is 12.8 Å². The number of thioether (sulfide) groups is 1. The van der Waals surface area contributed by atoms with Crippen LogP contribution in [0.4, 0.5) is 4.79 Å². The maximum Gasteiger partial charge on any atom is 0.327 e. The van der Waals surface area contributed by atoms with E-state index in [-0.39, 0.29) is 18.0 Å². The van der Waals surface area contributed by atoms with E-state index in [1.165, 1.54) is 4.90 Å². The topological polar surface area (TPSA) is 81.2 Å². The highest BCUT2D eigenvalue weighted by molar-refractivity contribution is 7.99. The van der Waals surface area contributed by atoms with Crippen molar-refractivity contribution in [1.29, 1.82) is 0 Å². The lowest BCUT2D eigenvalue weighted by Gasteiger charge is -2.42. The van der Waals surface area contributed by atoms with Gasteiger partial charge in [0.05, 0.1) is 0 Å².